The molecule has 1 heterocycles. The zero-order chi connectivity index (χ0) is 12.5. The van der Waals surface area contributed by atoms with Gasteiger partial charge in [-0.05, 0) is 31.0 Å². The summed E-state index contributed by atoms with van der Waals surface area (Å²) in [7, 11) is 0. The molecular formula is C15H16N2O. The fourth-order valence-electron chi connectivity index (χ4n) is 2.17. The summed E-state index contributed by atoms with van der Waals surface area (Å²) in [5.41, 5.74) is 2.79. The number of Topliss-reactive ketones (excluding diaryl/α,β-unsaturated/α-hetero) is 1. The number of hydrogen-bond donors (Lipinski definition) is 0. The summed E-state index contributed by atoms with van der Waals surface area (Å²) in [6.07, 6.45) is 4.96. The van der Waals surface area contributed by atoms with Crippen molar-refractivity contribution in [3.63, 3.8) is 0 Å². The molecule has 1 aromatic heterocycles. The minimum Gasteiger partial charge on any atom is -0.294 e. The molecule has 1 aliphatic carbocycles. The molecule has 1 aliphatic rings. The van der Waals surface area contributed by atoms with Crippen LogP contribution in [0.1, 0.15) is 48.2 Å². The lowest BCUT2D eigenvalue weighted by Gasteiger charge is -2.07. The first-order valence-electron chi connectivity index (χ1n) is 6.47. The molecule has 0 radical (unpaired) electrons. The molecule has 0 amide bonds. The van der Waals surface area contributed by atoms with E-state index in [0.717, 1.165) is 16.9 Å². The molecule has 3 rings (SSSR count). The van der Waals surface area contributed by atoms with Gasteiger partial charge in [0.1, 0.15) is 0 Å². The molecule has 1 fully saturated rings. The molecule has 2 aromatic rings. The van der Waals surface area contributed by atoms with Crippen molar-refractivity contribution in [2.75, 3.05) is 0 Å². The van der Waals surface area contributed by atoms with Crippen LogP contribution in [0.4, 0.5) is 0 Å². The monoisotopic (exact) mass is 240 g/mol. The van der Waals surface area contributed by atoms with Crippen molar-refractivity contribution in [2.24, 2.45) is 0 Å². The predicted octanol–water partition coefficient (Wildman–Crippen LogP) is 3.34. The van der Waals surface area contributed by atoms with E-state index in [4.69, 9.17) is 0 Å². The minimum absolute atomic E-state index is 0.161. The number of hydrogen-bond acceptors (Lipinski definition) is 2. The highest BCUT2D eigenvalue weighted by molar-refractivity contribution is 5.99. The number of ketones is 1. The maximum atomic E-state index is 11.9. The zero-order valence-electron chi connectivity index (χ0n) is 10.5. The van der Waals surface area contributed by atoms with Crippen LogP contribution in [-0.2, 0) is 0 Å². The van der Waals surface area contributed by atoms with E-state index in [1.54, 1.807) is 0 Å². The van der Waals surface area contributed by atoms with Crippen molar-refractivity contribution in [3.8, 4) is 5.69 Å². The lowest BCUT2D eigenvalue weighted by atomic mass is 10.1. The number of benzene rings is 1. The highest BCUT2D eigenvalue weighted by Crippen LogP contribution is 2.39. The highest BCUT2D eigenvalue weighted by atomic mass is 16.1. The van der Waals surface area contributed by atoms with E-state index in [1.165, 1.54) is 12.8 Å². The average Bonchev–Trinajstić information content (AvgIpc) is 3.16. The molecule has 1 aromatic carbocycles. The Balaban J connectivity index is 2.01. The SMILES string of the molecule is CCC(=O)c1ccccc1-n1ccc(C2CC2)n1. The molecule has 3 heteroatoms. The lowest BCUT2D eigenvalue weighted by Crippen LogP contribution is -2.05. The maximum Gasteiger partial charge on any atom is 0.164 e. The van der Waals surface area contributed by atoms with Gasteiger partial charge in [0.2, 0.25) is 0 Å². The summed E-state index contributed by atoms with van der Waals surface area (Å²) in [6, 6.07) is 9.73. The largest absolute Gasteiger partial charge is 0.294 e. The maximum absolute atomic E-state index is 11.9. The van der Waals surface area contributed by atoms with Gasteiger partial charge in [0.25, 0.3) is 0 Å². The second kappa shape index (κ2) is 4.41. The van der Waals surface area contributed by atoms with Gasteiger partial charge in [0.15, 0.2) is 5.78 Å². The lowest BCUT2D eigenvalue weighted by molar-refractivity contribution is 0.0988. The fourth-order valence-corrected chi connectivity index (χ4v) is 2.17. The van der Waals surface area contributed by atoms with E-state index in [0.29, 0.717) is 12.3 Å². The van der Waals surface area contributed by atoms with Crippen molar-refractivity contribution < 1.29 is 4.79 Å². The van der Waals surface area contributed by atoms with Crippen LogP contribution >= 0.6 is 0 Å². The number of carbonyl (C=O) groups is 1. The van der Waals surface area contributed by atoms with E-state index < -0.39 is 0 Å². The molecule has 92 valence electrons. The number of nitrogens with zero attached hydrogens (tertiary/aromatic N) is 2. The molecule has 18 heavy (non-hydrogen) atoms. The van der Waals surface area contributed by atoms with Gasteiger partial charge in [-0.25, -0.2) is 4.68 Å². The molecule has 1 saturated carbocycles. The zero-order valence-corrected chi connectivity index (χ0v) is 10.5. The van der Waals surface area contributed by atoms with Crippen molar-refractivity contribution in [2.45, 2.75) is 32.1 Å². The Hall–Kier alpha value is -1.90. The van der Waals surface area contributed by atoms with Gasteiger partial charge in [-0.2, -0.15) is 5.10 Å². The third-order valence-electron chi connectivity index (χ3n) is 3.38. The summed E-state index contributed by atoms with van der Waals surface area (Å²) in [6.45, 7) is 1.89. The van der Waals surface area contributed by atoms with Gasteiger partial charge in [0, 0.05) is 24.1 Å². The first-order valence-corrected chi connectivity index (χ1v) is 6.47. The van der Waals surface area contributed by atoms with E-state index in [1.807, 2.05) is 42.1 Å². The summed E-state index contributed by atoms with van der Waals surface area (Å²) >= 11 is 0. The second-order valence-electron chi connectivity index (χ2n) is 4.75. The second-order valence-corrected chi connectivity index (χ2v) is 4.75. The first kappa shape index (κ1) is 11.2. The molecule has 0 saturated heterocycles. The number of para-hydroxylation sites is 1. The molecule has 0 N–H and O–H groups in total. The molecule has 3 nitrogen and oxygen atoms in total. The van der Waals surface area contributed by atoms with E-state index in [-0.39, 0.29) is 5.78 Å². The average molecular weight is 240 g/mol. The van der Waals surface area contributed by atoms with Crippen LogP contribution in [0, 0.1) is 0 Å². The number of carbonyl (C=O) groups excluding carboxylic acids is 1. The van der Waals surface area contributed by atoms with E-state index >= 15 is 0 Å². The standard InChI is InChI=1S/C15H16N2O/c1-2-15(18)12-5-3-4-6-14(12)17-10-9-13(16-17)11-7-8-11/h3-6,9-11H,2,7-8H2,1H3. The van der Waals surface area contributed by atoms with Gasteiger partial charge in [-0.3, -0.25) is 4.79 Å². The van der Waals surface area contributed by atoms with E-state index in [9.17, 15) is 4.79 Å². The summed E-state index contributed by atoms with van der Waals surface area (Å²) in [4.78, 5) is 11.9. The van der Waals surface area contributed by atoms with Gasteiger partial charge in [0.05, 0.1) is 11.4 Å². The number of aromatic nitrogens is 2. The first-order chi connectivity index (χ1) is 8.79. The van der Waals surface area contributed by atoms with Crippen molar-refractivity contribution in [1.29, 1.82) is 0 Å². The molecule has 0 unspecified atom stereocenters. The smallest absolute Gasteiger partial charge is 0.164 e. The summed E-state index contributed by atoms with van der Waals surface area (Å²) < 4.78 is 1.83. The Labute approximate surface area is 106 Å². The van der Waals surface area contributed by atoms with Crippen LogP contribution in [0.3, 0.4) is 0 Å². The Morgan fingerprint density at radius 3 is 2.83 bits per heavy atom. The molecule has 0 aliphatic heterocycles. The van der Waals surface area contributed by atoms with Crippen molar-refractivity contribution in [1.82, 2.24) is 9.78 Å². The molecule has 0 bridgehead atoms. The third-order valence-corrected chi connectivity index (χ3v) is 3.38. The van der Waals surface area contributed by atoms with Crippen LogP contribution in [0.5, 0.6) is 0 Å². The van der Waals surface area contributed by atoms with Crippen LogP contribution in [0.2, 0.25) is 0 Å². The number of rotatable bonds is 4. The molecule has 0 spiro atoms. The van der Waals surface area contributed by atoms with Gasteiger partial charge in [-0.15, -0.1) is 0 Å². The Morgan fingerprint density at radius 2 is 2.11 bits per heavy atom. The highest BCUT2D eigenvalue weighted by Gasteiger charge is 2.26. The topological polar surface area (TPSA) is 34.9 Å². The summed E-state index contributed by atoms with van der Waals surface area (Å²) in [5.74, 6) is 0.800. The predicted molar refractivity (Wildman–Crippen MR) is 70.2 cm³/mol. The van der Waals surface area contributed by atoms with Crippen molar-refractivity contribution in [3.05, 3.63) is 47.8 Å². The third kappa shape index (κ3) is 1.96. The van der Waals surface area contributed by atoms with E-state index in [2.05, 4.69) is 11.2 Å². The Kier molecular flexibility index (Phi) is 2.74. The minimum atomic E-state index is 0.161. The Bertz CT molecular complexity index is 582. The van der Waals surface area contributed by atoms with Gasteiger partial charge in [-0.1, -0.05) is 19.1 Å². The van der Waals surface area contributed by atoms with Crippen LogP contribution in [0.15, 0.2) is 36.5 Å². The fraction of sp³-hybridized carbons (Fsp3) is 0.333. The summed E-state index contributed by atoms with van der Waals surface area (Å²) in [5, 5.41) is 4.58. The van der Waals surface area contributed by atoms with Gasteiger partial charge >= 0.3 is 0 Å². The molecular weight excluding hydrogens is 224 g/mol. The van der Waals surface area contributed by atoms with Crippen LogP contribution in [0.25, 0.3) is 5.69 Å². The van der Waals surface area contributed by atoms with Crippen LogP contribution < -0.4 is 0 Å². The van der Waals surface area contributed by atoms with Gasteiger partial charge < -0.3 is 0 Å². The quantitative estimate of drug-likeness (QED) is 0.768. The molecule has 0 atom stereocenters. The van der Waals surface area contributed by atoms with Crippen molar-refractivity contribution >= 4 is 5.78 Å². The normalized spacial score (nSPS) is 14.7. The van der Waals surface area contributed by atoms with Crippen LogP contribution in [-0.4, -0.2) is 15.6 Å². The Morgan fingerprint density at radius 1 is 1.33 bits per heavy atom.